The fraction of sp³-hybridized carbons (Fsp3) is 0.0870. The van der Waals surface area contributed by atoms with Crippen molar-refractivity contribution in [2.45, 2.75) is 6.92 Å². The van der Waals surface area contributed by atoms with Crippen molar-refractivity contribution in [1.29, 1.82) is 0 Å². The first kappa shape index (κ1) is 20.0. The van der Waals surface area contributed by atoms with Crippen molar-refractivity contribution in [2.75, 3.05) is 12.8 Å². The molecule has 0 aliphatic heterocycles. The minimum absolute atomic E-state index is 0.0106. The lowest BCUT2D eigenvalue weighted by Crippen LogP contribution is -2.18. The maximum atomic E-state index is 12.6. The number of phenols is 1. The van der Waals surface area contributed by atoms with Crippen LogP contribution in [-0.2, 0) is 0 Å². The maximum absolute atomic E-state index is 12.6. The van der Waals surface area contributed by atoms with Gasteiger partial charge in [0, 0.05) is 5.56 Å². The summed E-state index contributed by atoms with van der Waals surface area (Å²) in [4.78, 5) is 17.1. The molecule has 0 spiro atoms. The summed E-state index contributed by atoms with van der Waals surface area (Å²) >= 11 is 0. The first-order valence-corrected chi connectivity index (χ1v) is 9.43. The number of nitrogens with one attached hydrogen (secondary N) is 1. The van der Waals surface area contributed by atoms with E-state index in [9.17, 15) is 9.90 Å². The number of aromatic hydroxyl groups is 1. The first-order chi connectivity index (χ1) is 15.0. The molecule has 2 aromatic heterocycles. The highest BCUT2D eigenvalue weighted by Gasteiger charge is 2.21. The van der Waals surface area contributed by atoms with Crippen LogP contribution in [0, 0.1) is 6.92 Å². The summed E-state index contributed by atoms with van der Waals surface area (Å²) in [5.41, 5.74) is 12.2. The molecule has 0 radical (unpaired) electrons. The summed E-state index contributed by atoms with van der Waals surface area (Å²) in [5.74, 6) is -0.349. The van der Waals surface area contributed by atoms with Gasteiger partial charge in [0.2, 0.25) is 11.5 Å². The number of methoxy groups -OCH3 is 1. The average molecular weight is 416 g/mol. The molecule has 0 saturated carbocycles. The van der Waals surface area contributed by atoms with Gasteiger partial charge < -0.3 is 20.0 Å². The predicted octanol–water partition coefficient (Wildman–Crippen LogP) is 3.86. The van der Waals surface area contributed by atoms with Gasteiger partial charge in [-0.3, -0.25) is 4.79 Å². The fourth-order valence-corrected chi connectivity index (χ4v) is 3.23. The zero-order valence-corrected chi connectivity index (χ0v) is 16.9. The Labute approximate surface area is 178 Å². The van der Waals surface area contributed by atoms with Crippen LogP contribution in [-0.4, -0.2) is 29.3 Å². The average Bonchev–Trinajstić information content (AvgIpc) is 3.12. The van der Waals surface area contributed by atoms with Crippen LogP contribution >= 0.6 is 0 Å². The van der Waals surface area contributed by atoms with Gasteiger partial charge in [-0.2, -0.15) is 5.10 Å². The largest absolute Gasteiger partial charge is 0.504 e. The van der Waals surface area contributed by atoms with E-state index in [0.717, 1.165) is 16.8 Å². The summed E-state index contributed by atoms with van der Waals surface area (Å²) in [6, 6.07) is 16.2. The summed E-state index contributed by atoms with van der Waals surface area (Å²) in [5, 5.41) is 14.2. The number of carbonyl (C=O) groups is 1. The summed E-state index contributed by atoms with van der Waals surface area (Å²) in [7, 11) is 1.45. The van der Waals surface area contributed by atoms with E-state index in [4.69, 9.17) is 14.9 Å². The van der Waals surface area contributed by atoms with Crippen molar-refractivity contribution >= 4 is 28.9 Å². The van der Waals surface area contributed by atoms with Crippen molar-refractivity contribution in [3.63, 3.8) is 0 Å². The van der Waals surface area contributed by atoms with E-state index in [1.807, 2.05) is 43.3 Å². The number of benzene rings is 2. The molecule has 8 heteroatoms. The van der Waals surface area contributed by atoms with Gasteiger partial charge >= 0.3 is 5.91 Å². The van der Waals surface area contributed by atoms with Crippen LogP contribution < -0.4 is 15.9 Å². The number of aromatic nitrogens is 1. The van der Waals surface area contributed by atoms with Crippen LogP contribution in [0.2, 0.25) is 0 Å². The zero-order valence-electron chi connectivity index (χ0n) is 16.9. The Morgan fingerprint density at radius 3 is 2.74 bits per heavy atom. The van der Waals surface area contributed by atoms with Gasteiger partial charge in [0.25, 0.3) is 0 Å². The molecule has 1 amide bonds. The Morgan fingerprint density at radius 1 is 1.23 bits per heavy atom. The third kappa shape index (κ3) is 3.91. The van der Waals surface area contributed by atoms with Gasteiger partial charge in [0.1, 0.15) is 0 Å². The maximum Gasteiger partial charge on any atom is 0.309 e. The quantitative estimate of drug-likeness (QED) is 0.335. The van der Waals surface area contributed by atoms with Crippen LogP contribution in [0.1, 0.15) is 21.7 Å². The van der Waals surface area contributed by atoms with E-state index in [0.29, 0.717) is 16.7 Å². The second kappa shape index (κ2) is 8.19. The lowest BCUT2D eigenvalue weighted by molar-refractivity contribution is 0.0930. The number of pyridine rings is 1. The van der Waals surface area contributed by atoms with Gasteiger partial charge in [-0.25, -0.2) is 10.4 Å². The van der Waals surface area contributed by atoms with Gasteiger partial charge in [0.05, 0.1) is 30.1 Å². The molecule has 0 bridgehead atoms. The molecular formula is C23H20N4O4. The molecule has 156 valence electrons. The van der Waals surface area contributed by atoms with Crippen molar-refractivity contribution in [1.82, 2.24) is 10.4 Å². The summed E-state index contributed by atoms with van der Waals surface area (Å²) in [6.07, 6.45) is 1.41. The highest BCUT2D eigenvalue weighted by molar-refractivity contribution is 6.06. The number of amides is 1. The van der Waals surface area contributed by atoms with Gasteiger partial charge in [-0.15, -0.1) is 0 Å². The van der Waals surface area contributed by atoms with Crippen molar-refractivity contribution < 1.29 is 19.1 Å². The molecule has 4 N–H and O–H groups in total. The molecule has 0 fully saturated rings. The van der Waals surface area contributed by atoms with Gasteiger partial charge in [-0.05, 0) is 42.3 Å². The Kier molecular flexibility index (Phi) is 5.28. The van der Waals surface area contributed by atoms with Crippen LogP contribution in [0.3, 0.4) is 0 Å². The second-order valence-electron chi connectivity index (χ2n) is 6.85. The minimum Gasteiger partial charge on any atom is -0.504 e. The van der Waals surface area contributed by atoms with Crippen LogP contribution in [0.5, 0.6) is 11.5 Å². The number of carbonyl (C=O) groups excluding carboxylic acids is 1. The zero-order chi connectivity index (χ0) is 22.0. The third-order valence-electron chi connectivity index (χ3n) is 4.76. The number of ether oxygens (including phenoxy) is 1. The number of hydrogen-bond acceptors (Lipinski definition) is 7. The fourth-order valence-electron chi connectivity index (χ4n) is 3.23. The van der Waals surface area contributed by atoms with E-state index in [1.165, 1.54) is 19.4 Å². The number of nitrogens with zero attached hydrogens (tertiary/aromatic N) is 2. The topological polar surface area (TPSA) is 123 Å². The van der Waals surface area contributed by atoms with E-state index >= 15 is 0 Å². The number of aryl methyl sites for hydroxylation is 1. The number of hydrazone groups is 1. The molecule has 0 atom stereocenters. The Balaban J connectivity index is 1.59. The minimum atomic E-state index is -0.599. The SMILES string of the molecule is COc1cc(C=NNC(=O)c2oc3nc(-c4ccccc4)cc(C)c3c2N)ccc1O. The molecule has 2 aromatic carbocycles. The predicted molar refractivity (Wildman–Crippen MR) is 118 cm³/mol. The molecule has 0 aliphatic carbocycles. The van der Waals surface area contributed by atoms with E-state index in [1.54, 1.807) is 12.1 Å². The second-order valence-corrected chi connectivity index (χ2v) is 6.85. The number of phenolic OH excluding ortho intramolecular Hbond substituents is 1. The van der Waals surface area contributed by atoms with Gasteiger partial charge in [-0.1, -0.05) is 30.3 Å². The summed E-state index contributed by atoms with van der Waals surface area (Å²) < 4.78 is 10.7. The molecule has 4 aromatic rings. The molecule has 0 aliphatic rings. The molecular weight excluding hydrogens is 396 g/mol. The van der Waals surface area contributed by atoms with Crippen LogP contribution in [0.25, 0.3) is 22.4 Å². The number of nitrogen functional groups attached to an aromatic ring is 1. The molecule has 0 unspecified atom stereocenters. The number of rotatable bonds is 5. The van der Waals surface area contributed by atoms with Crippen molar-refractivity contribution in [2.24, 2.45) is 5.10 Å². The number of furan rings is 1. The lowest BCUT2D eigenvalue weighted by Gasteiger charge is -2.03. The molecule has 8 nitrogen and oxygen atoms in total. The lowest BCUT2D eigenvalue weighted by atomic mass is 10.1. The van der Waals surface area contributed by atoms with Crippen LogP contribution in [0.4, 0.5) is 5.69 Å². The monoisotopic (exact) mass is 416 g/mol. The molecule has 31 heavy (non-hydrogen) atoms. The molecule has 4 rings (SSSR count). The molecule has 2 heterocycles. The van der Waals surface area contributed by atoms with Crippen molar-refractivity contribution in [3.8, 4) is 22.8 Å². The number of nitrogens with two attached hydrogens (primary N) is 1. The van der Waals surface area contributed by atoms with Crippen LogP contribution in [0.15, 0.2) is 64.1 Å². The highest BCUT2D eigenvalue weighted by atomic mass is 16.5. The van der Waals surface area contributed by atoms with E-state index in [2.05, 4.69) is 15.5 Å². The highest BCUT2D eigenvalue weighted by Crippen LogP contribution is 2.32. The van der Waals surface area contributed by atoms with Gasteiger partial charge in [0.15, 0.2) is 11.5 Å². The van der Waals surface area contributed by atoms with Crippen molar-refractivity contribution in [3.05, 3.63) is 71.5 Å². The van der Waals surface area contributed by atoms with E-state index < -0.39 is 5.91 Å². The molecule has 0 saturated heterocycles. The normalized spacial score (nSPS) is 11.2. The standard InChI is InChI=1S/C23H20N4O4/c1-13-10-16(15-6-4-3-5-7-15)26-23-19(13)20(24)21(31-23)22(29)27-25-12-14-8-9-17(28)18(11-14)30-2/h3-12,28H,24H2,1-2H3,(H,27,29). The van der Waals surface area contributed by atoms with E-state index in [-0.39, 0.29) is 22.9 Å². The number of fused-ring (bicyclic) bond motifs is 1. The smallest absolute Gasteiger partial charge is 0.309 e. The number of anilines is 1. The number of hydrogen-bond donors (Lipinski definition) is 3. The first-order valence-electron chi connectivity index (χ1n) is 9.43. The third-order valence-corrected chi connectivity index (χ3v) is 4.76. The Hall–Kier alpha value is -4.33. The Morgan fingerprint density at radius 2 is 2.00 bits per heavy atom. The Bertz CT molecular complexity index is 1300. The summed E-state index contributed by atoms with van der Waals surface area (Å²) in [6.45, 7) is 1.89.